The molecule has 0 bridgehead atoms. The van der Waals surface area contributed by atoms with Gasteiger partial charge in [-0.15, -0.1) is 0 Å². The molecule has 0 aromatic carbocycles. The summed E-state index contributed by atoms with van der Waals surface area (Å²) in [7, 11) is 1.72. The van der Waals surface area contributed by atoms with Crippen LogP contribution in [0.1, 0.15) is 39.0 Å². The van der Waals surface area contributed by atoms with Gasteiger partial charge in [0.2, 0.25) is 5.78 Å². The van der Waals surface area contributed by atoms with E-state index in [4.69, 9.17) is 4.74 Å². The molecule has 4 heteroatoms. The Hall–Kier alpha value is -0.900. The van der Waals surface area contributed by atoms with Gasteiger partial charge in [0.25, 0.3) is 0 Å². The highest BCUT2D eigenvalue weighted by Crippen LogP contribution is 2.28. The highest BCUT2D eigenvalue weighted by Gasteiger charge is 2.25. The first kappa shape index (κ1) is 13.2. The Bertz CT molecular complexity index is 241. The zero-order chi connectivity index (χ0) is 12.0. The molecule has 16 heavy (non-hydrogen) atoms. The number of hydrogen-bond donors (Lipinski definition) is 0. The summed E-state index contributed by atoms with van der Waals surface area (Å²) in [6.07, 6.45) is 4.55. The summed E-state index contributed by atoms with van der Waals surface area (Å²) in [5.41, 5.74) is 0. The Morgan fingerprint density at radius 3 is 2.31 bits per heavy atom. The average Bonchev–Trinajstić information content (AvgIpc) is 2.30. The summed E-state index contributed by atoms with van der Waals surface area (Å²) in [5, 5.41) is 0. The third-order valence-corrected chi connectivity index (χ3v) is 3.10. The number of ketones is 1. The summed E-state index contributed by atoms with van der Waals surface area (Å²) >= 11 is 0. The molecule has 92 valence electrons. The molecular formula is C12H20O4. The lowest BCUT2D eigenvalue weighted by atomic mass is 9.84. The number of esters is 1. The lowest BCUT2D eigenvalue weighted by molar-refractivity contribution is -0.154. The van der Waals surface area contributed by atoms with Crippen LogP contribution < -0.4 is 0 Å². The first-order valence-corrected chi connectivity index (χ1v) is 5.90. The van der Waals surface area contributed by atoms with E-state index in [0.717, 1.165) is 25.7 Å². The molecule has 1 saturated carbocycles. The second kappa shape index (κ2) is 6.63. The molecule has 0 aromatic heterocycles. The van der Waals surface area contributed by atoms with Crippen molar-refractivity contribution in [2.45, 2.75) is 45.1 Å². The molecule has 0 aromatic rings. The smallest absolute Gasteiger partial charge is 0.374 e. The molecule has 1 rings (SSSR count). The fourth-order valence-corrected chi connectivity index (χ4v) is 2.13. The molecule has 1 fully saturated rings. The van der Waals surface area contributed by atoms with Crippen molar-refractivity contribution in [3.8, 4) is 0 Å². The van der Waals surface area contributed by atoms with E-state index < -0.39 is 5.97 Å². The maximum absolute atomic E-state index is 11.4. The van der Waals surface area contributed by atoms with E-state index in [-0.39, 0.29) is 12.4 Å². The zero-order valence-corrected chi connectivity index (χ0v) is 10.0. The van der Waals surface area contributed by atoms with Gasteiger partial charge in [-0.2, -0.15) is 0 Å². The monoisotopic (exact) mass is 228 g/mol. The predicted molar refractivity (Wildman–Crippen MR) is 59.0 cm³/mol. The minimum atomic E-state index is -0.684. The van der Waals surface area contributed by atoms with Gasteiger partial charge in [0, 0.05) is 13.5 Å². The summed E-state index contributed by atoms with van der Waals surface area (Å²) in [4.78, 5) is 22.6. The van der Waals surface area contributed by atoms with Crippen molar-refractivity contribution in [2.24, 2.45) is 5.92 Å². The SMILES string of the molecule is CCOC(=O)C(=O)CC1CCC(OC)CC1. The molecule has 1 aliphatic carbocycles. The Morgan fingerprint density at radius 2 is 1.81 bits per heavy atom. The van der Waals surface area contributed by atoms with Crippen molar-refractivity contribution in [1.82, 2.24) is 0 Å². The van der Waals surface area contributed by atoms with Gasteiger partial charge in [-0.25, -0.2) is 4.79 Å². The van der Waals surface area contributed by atoms with Crippen LogP contribution in [0.4, 0.5) is 0 Å². The fraction of sp³-hybridized carbons (Fsp3) is 0.833. The van der Waals surface area contributed by atoms with Crippen LogP contribution >= 0.6 is 0 Å². The van der Waals surface area contributed by atoms with Crippen LogP contribution in [0.5, 0.6) is 0 Å². The van der Waals surface area contributed by atoms with E-state index >= 15 is 0 Å². The minimum Gasteiger partial charge on any atom is -0.460 e. The number of Topliss-reactive ketones (excluding diaryl/α,β-unsaturated/α-hetero) is 1. The molecule has 1 aliphatic rings. The van der Waals surface area contributed by atoms with Crippen LogP contribution in [-0.4, -0.2) is 31.6 Å². The maximum Gasteiger partial charge on any atom is 0.374 e. The lowest BCUT2D eigenvalue weighted by Crippen LogP contribution is -2.25. The van der Waals surface area contributed by atoms with Gasteiger partial charge >= 0.3 is 5.97 Å². The largest absolute Gasteiger partial charge is 0.460 e. The average molecular weight is 228 g/mol. The fourth-order valence-electron chi connectivity index (χ4n) is 2.13. The quantitative estimate of drug-likeness (QED) is 0.531. The van der Waals surface area contributed by atoms with E-state index in [1.54, 1.807) is 14.0 Å². The Morgan fingerprint density at radius 1 is 1.19 bits per heavy atom. The normalized spacial score (nSPS) is 25.1. The number of hydrogen-bond acceptors (Lipinski definition) is 4. The zero-order valence-electron chi connectivity index (χ0n) is 10.0. The van der Waals surface area contributed by atoms with Crippen molar-refractivity contribution in [1.29, 1.82) is 0 Å². The van der Waals surface area contributed by atoms with Crippen LogP contribution in [0, 0.1) is 5.92 Å². The van der Waals surface area contributed by atoms with Crippen LogP contribution in [0.3, 0.4) is 0 Å². The molecule has 0 aliphatic heterocycles. The van der Waals surface area contributed by atoms with Crippen LogP contribution in [-0.2, 0) is 19.1 Å². The van der Waals surface area contributed by atoms with Gasteiger partial charge in [0.15, 0.2) is 0 Å². The third kappa shape index (κ3) is 3.93. The summed E-state index contributed by atoms with van der Waals surface area (Å²) in [6.45, 7) is 1.97. The molecule has 0 unspecified atom stereocenters. The first-order valence-electron chi connectivity index (χ1n) is 5.90. The lowest BCUT2D eigenvalue weighted by Gasteiger charge is -2.26. The van der Waals surface area contributed by atoms with Gasteiger partial charge in [0.1, 0.15) is 0 Å². The number of methoxy groups -OCH3 is 1. The van der Waals surface area contributed by atoms with Crippen LogP contribution in [0.25, 0.3) is 0 Å². The third-order valence-electron chi connectivity index (χ3n) is 3.10. The Labute approximate surface area is 96.3 Å². The second-order valence-electron chi connectivity index (χ2n) is 4.23. The van der Waals surface area contributed by atoms with E-state index in [1.165, 1.54) is 0 Å². The van der Waals surface area contributed by atoms with Crippen LogP contribution in [0.15, 0.2) is 0 Å². The van der Waals surface area contributed by atoms with Gasteiger partial charge in [-0.3, -0.25) is 4.79 Å². The van der Waals surface area contributed by atoms with E-state index in [0.29, 0.717) is 18.4 Å². The first-order chi connectivity index (χ1) is 7.67. The molecule has 0 N–H and O–H groups in total. The number of ether oxygens (including phenoxy) is 2. The summed E-state index contributed by atoms with van der Waals surface area (Å²) in [5.74, 6) is -0.748. The van der Waals surface area contributed by atoms with Gasteiger partial charge in [-0.1, -0.05) is 0 Å². The molecule has 0 heterocycles. The highest BCUT2D eigenvalue weighted by atomic mass is 16.5. The molecule has 0 atom stereocenters. The van der Waals surface area contributed by atoms with Crippen molar-refractivity contribution in [2.75, 3.05) is 13.7 Å². The van der Waals surface area contributed by atoms with Crippen molar-refractivity contribution < 1.29 is 19.1 Å². The van der Waals surface area contributed by atoms with Crippen molar-refractivity contribution in [3.05, 3.63) is 0 Å². The molecular weight excluding hydrogens is 208 g/mol. The van der Waals surface area contributed by atoms with E-state index in [1.807, 2.05) is 0 Å². The molecule has 0 amide bonds. The van der Waals surface area contributed by atoms with Gasteiger partial charge in [0.05, 0.1) is 12.7 Å². The van der Waals surface area contributed by atoms with Crippen molar-refractivity contribution >= 4 is 11.8 Å². The Kier molecular flexibility index (Phi) is 5.46. The minimum absolute atomic E-state index is 0.265. The molecule has 0 saturated heterocycles. The maximum atomic E-state index is 11.4. The van der Waals surface area contributed by atoms with E-state index in [2.05, 4.69) is 4.74 Å². The van der Waals surface area contributed by atoms with E-state index in [9.17, 15) is 9.59 Å². The molecule has 0 radical (unpaired) electrons. The Balaban J connectivity index is 2.28. The summed E-state index contributed by atoms with van der Waals surface area (Å²) < 4.78 is 9.93. The topological polar surface area (TPSA) is 52.6 Å². The van der Waals surface area contributed by atoms with Gasteiger partial charge < -0.3 is 9.47 Å². The molecule has 4 nitrogen and oxygen atoms in total. The summed E-state index contributed by atoms with van der Waals surface area (Å²) in [6, 6.07) is 0. The number of carbonyl (C=O) groups is 2. The van der Waals surface area contributed by atoms with Crippen LogP contribution in [0.2, 0.25) is 0 Å². The predicted octanol–water partition coefficient (Wildman–Crippen LogP) is 1.71. The number of rotatable bonds is 5. The van der Waals surface area contributed by atoms with Crippen molar-refractivity contribution in [3.63, 3.8) is 0 Å². The standard InChI is InChI=1S/C12H20O4/c1-3-16-12(14)11(13)8-9-4-6-10(15-2)7-5-9/h9-10H,3-8H2,1-2H3. The second-order valence-corrected chi connectivity index (χ2v) is 4.23. The highest BCUT2D eigenvalue weighted by molar-refractivity contribution is 6.33. The van der Waals surface area contributed by atoms with Gasteiger partial charge in [-0.05, 0) is 38.5 Å². The molecule has 0 spiro atoms. The number of carbonyl (C=O) groups excluding carboxylic acids is 2.